The zero-order valence-corrected chi connectivity index (χ0v) is 18.3. The molecule has 160 valence electrons. The van der Waals surface area contributed by atoms with Gasteiger partial charge in [-0.05, 0) is 57.5 Å². The molecular weight excluding hydrogens is 372 g/mol. The molecule has 0 bridgehead atoms. The van der Waals surface area contributed by atoms with E-state index in [9.17, 15) is 0 Å². The molecule has 2 heterocycles. The SMILES string of the molecule is CC(C)=CCOCC(CN1c2ccccc2OCC1c1ccccc1)N1CCCC1. The first-order valence-corrected chi connectivity index (χ1v) is 11.2. The Bertz CT molecular complexity index is 826. The fourth-order valence-corrected chi connectivity index (χ4v) is 4.46. The fraction of sp³-hybridized carbons (Fsp3) is 0.462. The van der Waals surface area contributed by atoms with Crippen molar-refractivity contribution in [3.05, 3.63) is 71.8 Å². The van der Waals surface area contributed by atoms with Crippen LogP contribution < -0.4 is 9.64 Å². The van der Waals surface area contributed by atoms with Gasteiger partial charge in [0.1, 0.15) is 12.4 Å². The molecule has 4 nitrogen and oxygen atoms in total. The van der Waals surface area contributed by atoms with Gasteiger partial charge >= 0.3 is 0 Å². The van der Waals surface area contributed by atoms with Gasteiger partial charge in [-0.3, -0.25) is 4.90 Å². The maximum absolute atomic E-state index is 6.16. The minimum atomic E-state index is 0.212. The molecule has 1 fully saturated rings. The van der Waals surface area contributed by atoms with E-state index in [2.05, 4.69) is 84.3 Å². The largest absolute Gasteiger partial charge is 0.489 e. The van der Waals surface area contributed by atoms with E-state index < -0.39 is 0 Å². The van der Waals surface area contributed by atoms with Crippen molar-refractivity contribution in [1.29, 1.82) is 0 Å². The Morgan fingerprint density at radius 2 is 1.80 bits per heavy atom. The van der Waals surface area contributed by atoms with Crippen LogP contribution in [0.15, 0.2) is 66.2 Å². The van der Waals surface area contributed by atoms with E-state index >= 15 is 0 Å². The summed E-state index contributed by atoms with van der Waals surface area (Å²) in [6, 6.07) is 19.8. The van der Waals surface area contributed by atoms with Crippen molar-refractivity contribution in [3.8, 4) is 5.75 Å². The summed E-state index contributed by atoms with van der Waals surface area (Å²) in [5, 5.41) is 0. The summed E-state index contributed by atoms with van der Waals surface area (Å²) in [7, 11) is 0. The van der Waals surface area contributed by atoms with Gasteiger partial charge in [-0.25, -0.2) is 0 Å². The third kappa shape index (κ3) is 5.05. The van der Waals surface area contributed by atoms with Crippen LogP contribution in [0.4, 0.5) is 5.69 Å². The van der Waals surface area contributed by atoms with Crippen LogP contribution in [0.1, 0.15) is 38.3 Å². The normalized spacial score (nSPS) is 19.8. The average Bonchev–Trinajstić information content (AvgIpc) is 3.31. The molecule has 0 N–H and O–H groups in total. The van der Waals surface area contributed by atoms with Crippen LogP contribution in [-0.2, 0) is 4.74 Å². The van der Waals surface area contributed by atoms with Gasteiger partial charge in [0.15, 0.2) is 0 Å². The van der Waals surface area contributed by atoms with Crippen LogP contribution >= 0.6 is 0 Å². The van der Waals surface area contributed by atoms with Gasteiger partial charge < -0.3 is 14.4 Å². The molecule has 2 unspecified atom stereocenters. The Morgan fingerprint density at radius 1 is 1.07 bits per heavy atom. The average molecular weight is 407 g/mol. The Hall–Kier alpha value is -2.30. The number of allylic oxidation sites excluding steroid dienone is 1. The number of hydrogen-bond donors (Lipinski definition) is 0. The predicted octanol–water partition coefficient (Wildman–Crippen LogP) is 5.07. The number of likely N-dealkylation sites (tertiary alicyclic amines) is 1. The van der Waals surface area contributed by atoms with Gasteiger partial charge in [0.2, 0.25) is 0 Å². The van der Waals surface area contributed by atoms with Crippen LogP contribution in [0.25, 0.3) is 0 Å². The maximum atomic E-state index is 6.16. The van der Waals surface area contributed by atoms with E-state index in [0.717, 1.165) is 18.9 Å². The molecule has 0 spiro atoms. The quantitative estimate of drug-likeness (QED) is 0.451. The number of para-hydroxylation sites is 2. The molecule has 2 atom stereocenters. The van der Waals surface area contributed by atoms with Crippen LogP contribution in [0, 0.1) is 0 Å². The standard InChI is InChI=1S/C26H34N2O2/c1-21(2)14-17-29-19-23(27-15-8-9-16-27)18-28-24-12-6-7-13-26(24)30-20-25(28)22-10-4-3-5-11-22/h3-7,10-14,23,25H,8-9,15-20H2,1-2H3. The lowest BCUT2D eigenvalue weighted by atomic mass is 10.0. The van der Waals surface area contributed by atoms with Crippen molar-refractivity contribution < 1.29 is 9.47 Å². The molecule has 4 heteroatoms. The Labute approximate surface area is 181 Å². The Balaban J connectivity index is 1.58. The summed E-state index contributed by atoms with van der Waals surface area (Å²) in [6.45, 7) is 9.63. The Morgan fingerprint density at radius 3 is 2.57 bits per heavy atom. The van der Waals surface area contributed by atoms with Crippen LogP contribution in [-0.4, -0.2) is 50.4 Å². The van der Waals surface area contributed by atoms with E-state index in [1.54, 1.807) is 0 Å². The highest BCUT2D eigenvalue weighted by Crippen LogP contribution is 2.39. The van der Waals surface area contributed by atoms with Crippen molar-refractivity contribution in [1.82, 2.24) is 4.90 Å². The van der Waals surface area contributed by atoms with Crippen molar-refractivity contribution in [2.45, 2.75) is 38.8 Å². The van der Waals surface area contributed by atoms with E-state index in [-0.39, 0.29) is 6.04 Å². The van der Waals surface area contributed by atoms with Crippen molar-refractivity contribution in [2.75, 3.05) is 44.4 Å². The van der Waals surface area contributed by atoms with E-state index in [1.807, 2.05) is 0 Å². The number of ether oxygens (including phenoxy) is 2. The van der Waals surface area contributed by atoms with Gasteiger partial charge in [0, 0.05) is 6.54 Å². The molecule has 2 aliphatic heterocycles. The molecule has 0 aliphatic carbocycles. The molecule has 2 aromatic rings. The summed E-state index contributed by atoms with van der Waals surface area (Å²) in [6.07, 6.45) is 4.73. The molecule has 1 saturated heterocycles. The molecule has 0 saturated carbocycles. The lowest BCUT2D eigenvalue weighted by Gasteiger charge is -2.42. The third-order valence-corrected chi connectivity index (χ3v) is 6.12. The number of fused-ring (bicyclic) bond motifs is 1. The molecule has 2 aromatic carbocycles. The first-order valence-electron chi connectivity index (χ1n) is 11.2. The van der Waals surface area contributed by atoms with E-state index in [4.69, 9.17) is 9.47 Å². The lowest BCUT2D eigenvalue weighted by Crippen LogP contribution is -2.48. The van der Waals surface area contributed by atoms with Gasteiger partial charge in [-0.15, -0.1) is 0 Å². The topological polar surface area (TPSA) is 24.9 Å². The summed E-state index contributed by atoms with van der Waals surface area (Å²) in [4.78, 5) is 5.16. The summed E-state index contributed by atoms with van der Waals surface area (Å²) in [5.41, 5.74) is 3.79. The maximum Gasteiger partial charge on any atom is 0.142 e. The predicted molar refractivity (Wildman–Crippen MR) is 123 cm³/mol. The third-order valence-electron chi connectivity index (χ3n) is 6.12. The summed E-state index contributed by atoms with van der Waals surface area (Å²) >= 11 is 0. The molecule has 4 rings (SSSR count). The van der Waals surface area contributed by atoms with Gasteiger partial charge in [-0.2, -0.15) is 0 Å². The fourth-order valence-electron chi connectivity index (χ4n) is 4.46. The van der Waals surface area contributed by atoms with Crippen LogP contribution in [0.2, 0.25) is 0 Å². The number of nitrogens with zero attached hydrogens (tertiary/aromatic N) is 2. The smallest absolute Gasteiger partial charge is 0.142 e. The summed E-state index contributed by atoms with van der Waals surface area (Å²) < 4.78 is 12.3. The highest BCUT2D eigenvalue weighted by Gasteiger charge is 2.32. The first-order chi connectivity index (χ1) is 14.7. The van der Waals surface area contributed by atoms with Gasteiger partial charge in [0.05, 0.1) is 31.0 Å². The van der Waals surface area contributed by atoms with Crippen LogP contribution in [0.3, 0.4) is 0 Å². The minimum absolute atomic E-state index is 0.212. The van der Waals surface area contributed by atoms with Crippen molar-refractivity contribution in [2.24, 2.45) is 0 Å². The van der Waals surface area contributed by atoms with Gasteiger partial charge in [-0.1, -0.05) is 54.1 Å². The zero-order chi connectivity index (χ0) is 20.8. The van der Waals surface area contributed by atoms with Crippen molar-refractivity contribution >= 4 is 5.69 Å². The lowest BCUT2D eigenvalue weighted by molar-refractivity contribution is 0.0852. The molecule has 0 amide bonds. The molecule has 0 aromatic heterocycles. The van der Waals surface area contributed by atoms with Crippen LogP contribution in [0.5, 0.6) is 5.75 Å². The first kappa shape index (κ1) is 21.0. The number of hydrogen-bond acceptors (Lipinski definition) is 4. The molecule has 2 aliphatic rings. The second-order valence-electron chi connectivity index (χ2n) is 8.57. The Kier molecular flexibility index (Phi) is 7.08. The summed E-state index contributed by atoms with van der Waals surface area (Å²) in [5.74, 6) is 0.982. The number of rotatable bonds is 8. The zero-order valence-electron chi connectivity index (χ0n) is 18.3. The highest BCUT2D eigenvalue weighted by atomic mass is 16.5. The number of anilines is 1. The molecular formula is C26H34N2O2. The molecule has 30 heavy (non-hydrogen) atoms. The van der Waals surface area contributed by atoms with E-state index in [0.29, 0.717) is 19.3 Å². The van der Waals surface area contributed by atoms with Crippen molar-refractivity contribution in [3.63, 3.8) is 0 Å². The highest BCUT2D eigenvalue weighted by molar-refractivity contribution is 5.61. The number of benzene rings is 2. The molecule has 0 radical (unpaired) electrons. The van der Waals surface area contributed by atoms with Gasteiger partial charge in [0.25, 0.3) is 0 Å². The van der Waals surface area contributed by atoms with E-state index in [1.165, 1.54) is 42.8 Å². The minimum Gasteiger partial charge on any atom is -0.489 e. The second-order valence-corrected chi connectivity index (χ2v) is 8.57. The monoisotopic (exact) mass is 406 g/mol. The second kappa shape index (κ2) is 10.1.